The van der Waals surface area contributed by atoms with Crippen molar-refractivity contribution in [3.05, 3.63) is 11.6 Å². The number of hydrogen-bond acceptors (Lipinski definition) is 6. The lowest BCUT2D eigenvalue weighted by Crippen LogP contribution is -2.39. The standard InChI is InChI=1S/C12H17NO6S3/c1-4-13(8(3)14)10-5-7(2)21(15,16)12-9(10)6-11(20-12)22(17,18)19/h6-7,10H,4-5H2,1-3H3,(H,17,18,19)/t7-,10-/m0/s1. The van der Waals surface area contributed by atoms with Crippen molar-refractivity contribution >= 4 is 37.2 Å². The molecule has 10 heteroatoms. The van der Waals surface area contributed by atoms with Crippen LogP contribution in [0.1, 0.15) is 38.8 Å². The molecule has 0 aromatic carbocycles. The minimum Gasteiger partial charge on any atom is -0.336 e. The van der Waals surface area contributed by atoms with Crippen LogP contribution in [0, 0.1) is 0 Å². The minimum absolute atomic E-state index is 0.0800. The van der Waals surface area contributed by atoms with Gasteiger partial charge in [0.15, 0.2) is 9.84 Å². The molecule has 2 rings (SSSR count). The quantitative estimate of drug-likeness (QED) is 0.810. The molecule has 0 saturated carbocycles. The summed E-state index contributed by atoms with van der Waals surface area (Å²) in [6.45, 7) is 5.06. The summed E-state index contributed by atoms with van der Waals surface area (Å²) in [6.07, 6.45) is 0.199. The Labute approximate surface area is 133 Å². The second-order valence-corrected chi connectivity index (χ2v) is 10.5. The van der Waals surface area contributed by atoms with E-state index in [1.54, 1.807) is 6.92 Å². The number of carbonyl (C=O) groups is 1. The van der Waals surface area contributed by atoms with Crippen LogP contribution in [0.5, 0.6) is 0 Å². The lowest BCUT2D eigenvalue weighted by Gasteiger charge is -2.35. The summed E-state index contributed by atoms with van der Waals surface area (Å²) >= 11 is 0.532. The van der Waals surface area contributed by atoms with Crippen molar-refractivity contribution in [2.45, 2.75) is 46.9 Å². The molecule has 0 spiro atoms. The molecule has 22 heavy (non-hydrogen) atoms. The Kier molecular flexibility index (Phi) is 4.42. The van der Waals surface area contributed by atoms with Gasteiger partial charge in [-0.2, -0.15) is 8.42 Å². The third kappa shape index (κ3) is 2.80. The van der Waals surface area contributed by atoms with E-state index in [4.69, 9.17) is 0 Å². The third-order valence-corrected chi connectivity index (χ3v) is 8.98. The molecule has 0 fully saturated rings. The van der Waals surface area contributed by atoms with Crippen molar-refractivity contribution in [1.82, 2.24) is 4.90 Å². The normalized spacial score (nSPS) is 23.8. The molecule has 0 saturated heterocycles. The van der Waals surface area contributed by atoms with Gasteiger partial charge in [0.25, 0.3) is 0 Å². The van der Waals surface area contributed by atoms with Gasteiger partial charge in [0.2, 0.25) is 5.91 Å². The zero-order valence-electron chi connectivity index (χ0n) is 12.3. The Morgan fingerprint density at radius 2 is 2.09 bits per heavy atom. The smallest absolute Gasteiger partial charge is 0.304 e. The third-order valence-electron chi connectivity index (χ3n) is 3.78. The van der Waals surface area contributed by atoms with Crippen molar-refractivity contribution in [2.24, 2.45) is 0 Å². The molecule has 1 aliphatic rings. The van der Waals surface area contributed by atoms with Gasteiger partial charge in [-0.15, -0.1) is 11.3 Å². The van der Waals surface area contributed by atoms with Crippen LogP contribution >= 0.6 is 11.3 Å². The van der Waals surface area contributed by atoms with E-state index in [1.165, 1.54) is 18.7 Å². The highest BCUT2D eigenvalue weighted by molar-refractivity contribution is 7.95. The fraction of sp³-hybridized carbons (Fsp3) is 0.583. The second kappa shape index (κ2) is 5.59. The van der Waals surface area contributed by atoms with Crippen LogP contribution in [-0.2, 0) is 24.7 Å². The van der Waals surface area contributed by atoms with Crippen molar-refractivity contribution in [1.29, 1.82) is 0 Å². The van der Waals surface area contributed by atoms with Crippen LogP contribution in [0.15, 0.2) is 14.5 Å². The predicted octanol–water partition coefficient (Wildman–Crippen LogP) is 1.47. The maximum absolute atomic E-state index is 12.4. The number of sulfone groups is 1. The topological polar surface area (TPSA) is 109 Å². The second-order valence-electron chi connectivity index (χ2n) is 5.20. The number of fused-ring (bicyclic) bond motifs is 1. The highest BCUT2D eigenvalue weighted by atomic mass is 32.3. The summed E-state index contributed by atoms with van der Waals surface area (Å²) in [7, 11) is -8.15. The first-order chi connectivity index (χ1) is 10.00. The Hall–Kier alpha value is -0.970. The first-order valence-corrected chi connectivity index (χ1v) is 10.4. The van der Waals surface area contributed by atoms with E-state index in [1.807, 2.05) is 0 Å². The van der Waals surface area contributed by atoms with Crippen molar-refractivity contribution in [3.63, 3.8) is 0 Å². The average molecular weight is 367 g/mol. The van der Waals surface area contributed by atoms with Gasteiger partial charge < -0.3 is 4.90 Å². The van der Waals surface area contributed by atoms with Gasteiger partial charge in [-0.1, -0.05) is 0 Å². The number of thiophene rings is 1. The van der Waals surface area contributed by atoms with E-state index in [9.17, 15) is 26.2 Å². The lowest BCUT2D eigenvalue weighted by atomic mass is 10.0. The molecule has 124 valence electrons. The Morgan fingerprint density at radius 1 is 1.50 bits per heavy atom. The molecule has 1 aliphatic heterocycles. The number of amides is 1. The molecule has 1 amide bonds. The SMILES string of the molecule is CCN(C(C)=O)[C@H]1C[C@H](C)S(=O)(=O)c2sc(S(=O)(=O)O)cc21. The first-order valence-electron chi connectivity index (χ1n) is 6.62. The van der Waals surface area contributed by atoms with E-state index in [0.717, 1.165) is 6.07 Å². The number of rotatable bonds is 3. The summed E-state index contributed by atoms with van der Waals surface area (Å²) in [5.41, 5.74) is 0.271. The summed E-state index contributed by atoms with van der Waals surface area (Å²) < 4.78 is 56.1. The molecule has 1 aromatic rings. The van der Waals surface area contributed by atoms with Gasteiger partial charge in [0.1, 0.15) is 8.42 Å². The van der Waals surface area contributed by atoms with Gasteiger partial charge in [-0.25, -0.2) is 8.42 Å². The van der Waals surface area contributed by atoms with Gasteiger partial charge in [0, 0.05) is 19.0 Å². The summed E-state index contributed by atoms with van der Waals surface area (Å²) in [6, 6.07) is 0.650. The van der Waals surface area contributed by atoms with Crippen molar-refractivity contribution in [2.75, 3.05) is 6.54 Å². The van der Waals surface area contributed by atoms with E-state index < -0.39 is 35.5 Å². The van der Waals surface area contributed by atoms with Crippen LogP contribution in [0.25, 0.3) is 0 Å². The summed E-state index contributed by atoms with van der Waals surface area (Å²) in [4.78, 5) is 13.3. The van der Waals surface area contributed by atoms with Gasteiger partial charge in [-0.05, 0) is 26.3 Å². The highest BCUT2D eigenvalue weighted by Crippen LogP contribution is 2.45. The maximum Gasteiger partial charge on any atom is 0.304 e. The van der Waals surface area contributed by atoms with Crippen molar-refractivity contribution in [3.8, 4) is 0 Å². The molecule has 1 aromatic heterocycles. The summed E-state index contributed by atoms with van der Waals surface area (Å²) in [5, 5.41) is -0.730. The molecule has 7 nitrogen and oxygen atoms in total. The van der Waals surface area contributed by atoms with Crippen LogP contribution in [-0.4, -0.2) is 44.0 Å². The zero-order valence-corrected chi connectivity index (χ0v) is 14.8. The summed E-state index contributed by atoms with van der Waals surface area (Å²) in [5.74, 6) is -0.218. The number of hydrogen-bond donors (Lipinski definition) is 1. The van der Waals surface area contributed by atoms with E-state index in [-0.39, 0.29) is 22.1 Å². The predicted molar refractivity (Wildman–Crippen MR) is 81.2 cm³/mol. The molecule has 2 heterocycles. The van der Waals surface area contributed by atoms with Crippen LogP contribution < -0.4 is 0 Å². The van der Waals surface area contributed by atoms with E-state index >= 15 is 0 Å². The van der Waals surface area contributed by atoms with Gasteiger partial charge >= 0.3 is 10.1 Å². The van der Waals surface area contributed by atoms with Crippen LogP contribution in [0.2, 0.25) is 0 Å². The average Bonchev–Trinajstić information content (AvgIpc) is 2.82. The fourth-order valence-electron chi connectivity index (χ4n) is 2.66. The Morgan fingerprint density at radius 3 is 2.55 bits per heavy atom. The molecule has 0 bridgehead atoms. The molecule has 0 unspecified atom stereocenters. The van der Waals surface area contributed by atoms with Crippen molar-refractivity contribution < 1.29 is 26.2 Å². The molecule has 0 radical (unpaired) electrons. The van der Waals surface area contributed by atoms with Gasteiger partial charge in [-0.3, -0.25) is 9.35 Å². The monoisotopic (exact) mass is 367 g/mol. The Balaban J connectivity index is 2.70. The fourth-order valence-corrected chi connectivity index (χ4v) is 6.99. The maximum atomic E-state index is 12.4. The molecule has 0 aliphatic carbocycles. The highest BCUT2D eigenvalue weighted by Gasteiger charge is 2.42. The molecular weight excluding hydrogens is 350 g/mol. The largest absolute Gasteiger partial charge is 0.336 e. The number of carbonyl (C=O) groups excluding carboxylic acids is 1. The first kappa shape index (κ1) is 17.4. The van der Waals surface area contributed by atoms with E-state index in [0.29, 0.717) is 17.9 Å². The van der Waals surface area contributed by atoms with Crippen LogP contribution in [0.3, 0.4) is 0 Å². The Bertz CT molecular complexity index is 808. The van der Waals surface area contributed by atoms with Gasteiger partial charge in [0.05, 0.1) is 11.3 Å². The lowest BCUT2D eigenvalue weighted by molar-refractivity contribution is -0.131. The minimum atomic E-state index is -4.49. The molecular formula is C12H17NO6S3. The molecule has 2 atom stereocenters. The van der Waals surface area contributed by atoms with E-state index in [2.05, 4.69) is 0 Å². The zero-order chi connectivity index (χ0) is 16.9. The van der Waals surface area contributed by atoms with Crippen LogP contribution in [0.4, 0.5) is 0 Å². The molecule has 1 N–H and O–H groups in total. The number of nitrogens with zero attached hydrogens (tertiary/aromatic N) is 1.